The number of carbonyl (C=O) groups excluding carboxylic acids is 1. The molecule has 1 atom stereocenters. The molecule has 0 radical (unpaired) electrons. The lowest BCUT2D eigenvalue weighted by Crippen LogP contribution is -2.37. The van der Waals surface area contributed by atoms with Crippen LogP contribution in [0.4, 0.5) is 0 Å². The fourth-order valence-corrected chi connectivity index (χ4v) is 2.88. The number of carbonyl (C=O) groups is 2. The highest BCUT2D eigenvalue weighted by molar-refractivity contribution is 5.90. The van der Waals surface area contributed by atoms with E-state index in [0.717, 1.165) is 0 Å². The molecule has 7 nitrogen and oxygen atoms in total. The Labute approximate surface area is 163 Å². The average Bonchev–Trinajstić information content (AvgIpc) is 2.94. The van der Waals surface area contributed by atoms with Gasteiger partial charge in [0.25, 0.3) is 5.91 Å². The van der Waals surface area contributed by atoms with Gasteiger partial charge in [-0.3, -0.25) is 4.79 Å². The number of likely N-dealkylation sites (tertiary alicyclic amines) is 1. The molecule has 0 bridgehead atoms. The molecule has 28 heavy (non-hydrogen) atoms. The van der Waals surface area contributed by atoms with Crippen LogP contribution < -0.4 is 0 Å². The molecule has 2 N–H and O–H groups in total. The Kier molecular flexibility index (Phi) is 5.16. The van der Waals surface area contributed by atoms with E-state index in [2.05, 4.69) is 21.8 Å². The first kappa shape index (κ1) is 19.5. The van der Waals surface area contributed by atoms with Crippen molar-refractivity contribution in [1.29, 1.82) is 0 Å². The van der Waals surface area contributed by atoms with Gasteiger partial charge in [-0.15, -0.1) is 0 Å². The zero-order chi connectivity index (χ0) is 20.5. The van der Waals surface area contributed by atoms with E-state index in [-0.39, 0.29) is 18.0 Å². The predicted molar refractivity (Wildman–Crippen MR) is 103 cm³/mol. The third kappa shape index (κ3) is 3.87. The summed E-state index contributed by atoms with van der Waals surface area (Å²) in [5.41, 5.74) is 0.0733. The summed E-state index contributed by atoms with van der Waals surface area (Å²) in [6, 6.07) is 8.44. The maximum absolute atomic E-state index is 12.0. The van der Waals surface area contributed by atoms with Crippen LogP contribution in [-0.2, 0) is 4.79 Å². The van der Waals surface area contributed by atoms with Gasteiger partial charge in [-0.25, -0.2) is 14.8 Å². The van der Waals surface area contributed by atoms with Crippen LogP contribution in [-0.4, -0.2) is 56.2 Å². The summed E-state index contributed by atoms with van der Waals surface area (Å²) in [7, 11) is 1.63. The van der Waals surface area contributed by atoms with Crippen molar-refractivity contribution >= 4 is 11.9 Å². The van der Waals surface area contributed by atoms with Crippen molar-refractivity contribution in [2.75, 3.05) is 13.6 Å². The minimum absolute atomic E-state index is 0.0439. The molecule has 3 rings (SSSR count). The first-order valence-corrected chi connectivity index (χ1v) is 8.93. The standard InChI is InChI=1S/C21H21N3O4/c1-13(2)16-12-17(19(25)26)23-18(22-16)15-6-4-5-14(11-15)7-8-21(28)9-10-24(3)20(21)27/h4-6,11-13,28H,9-10H2,1-3H3,(H,25,26)/t21-/m0/s1. The Bertz CT molecular complexity index is 1010. The molecular weight excluding hydrogens is 358 g/mol. The van der Waals surface area contributed by atoms with Gasteiger partial charge >= 0.3 is 5.97 Å². The molecule has 144 valence electrons. The average molecular weight is 379 g/mol. The summed E-state index contributed by atoms with van der Waals surface area (Å²) < 4.78 is 0. The SMILES string of the molecule is CC(C)c1cc(C(=O)O)nc(-c2cccc(C#C[C@]3(O)CCN(C)C3=O)c2)n1. The van der Waals surface area contributed by atoms with Crippen molar-refractivity contribution in [2.24, 2.45) is 0 Å². The summed E-state index contributed by atoms with van der Waals surface area (Å²) in [5, 5.41) is 19.7. The lowest BCUT2D eigenvalue weighted by molar-refractivity contribution is -0.137. The van der Waals surface area contributed by atoms with Crippen LogP contribution in [0.2, 0.25) is 0 Å². The van der Waals surface area contributed by atoms with Crippen molar-refractivity contribution in [3.8, 4) is 23.2 Å². The van der Waals surface area contributed by atoms with E-state index >= 15 is 0 Å². The molecule has 1 amide bonds. The van der Waals surface area contributed by atoms with Crippen LogP contribution in [0, 0.1) is 11.8 Å². The van der Waals surface area contributed by atoms with Gasteiger partial charge in [-0.2, -0.15) is 0 Å². The van der Waals surface area contributed by atoms with Crippen molar-refractivity contribution in [3.05, 3.63) is 47.3 Å². The number of carboxylic acids is 1. The maximum Gasteiger partial charge on any atom is 0.354 e. The van der Waals surface area contributed by atoms with Crippen molar-refractivity contribution in [2.45, 2.75) is 31.8 Å². The lowest BCUT2D eigenvalue weighted by Gasteiger charge is -2.13. The van der Waals surface area contributed by atoms with Gasteiger partial charge < -0.3 is 15.1 Å². The normalized spacial score (nSPS) is 18.9. The van der Waals surface area contributed by atoms with Crippen LogP contribution in [0.5, 0.6) is 0 Å². The summed E-state index contributed by atoms with van der Waals surface area (Å²) in [4.78, 5) is 33.5. The Balaban J connectivity index is 1.98. The molecule has 2 heterocycles. The minimum atomic E-state index is -1.67. The Morgan fingerprint density at radius 1 is 1.29 bits per heavy atom. The molecule has 2 aromatic rings. The maximum atomic E-state index is 12.0. The summed E-state index contributed by atoms with van der Waals surface area (Å²) in [6.45, 7) is 4.31. The van der Waals surface area contributed by atoms with Crippen LogP contribution >= 0.6 is 0 Å². The highest BCUT2D eigenvalue weighted by Gasteiger charge is 2.42. The third-order valence-corrected chi connectivity index (χ3v) is 4.60. The lowest BCUT2D eigenvalue weighted by atomic mass is 10.0. The van der Waals surface area contributed by atoms with Crippen molar-refractivity contribution in [3.63, 3.8) is 0 Å². The van der Waals surface area contributed by atoms with Crippen molar-refractivity contribution < 1.29 is 19.8 Å². The molecular formula is C21H21N3O4. The Morgan fingerprint density at radius 2 is 2.04 bits per heavy atom. The number of likely N-dealkylation sites (N-methyl/N-ethyl adjacent to an activating group) is 1. The smallest absolute Gasteiger partial charge is 0.354 e. The molecule has 1 saturated heterocycles. The van der Waals surface area contributed by atoms with Gasteiger partial charge in [-0.05, 0) is 24.1 Å². The van der Waals surface area contributed by atoms with E-state index in [0.29, 0.717) is 29.2 Å². The monoisotopic (exact) mass is 379 g/mol. The topological polar surface area (TPSA) is 104 Å². The van der Waals surface area contributed by atoms with Gasteiger partial charge in [0.05, 0.1) is 0 Å². The van der Waals surface area contributed by atoms with Gasteiger partial charge in [-0.1, -0.05) is 37.8 Å². The first-order valence-electron chi connectivity index (χ1n) is 8.93. The Morgan fingerprint density at radius 3 is 2.64 bits per heavy atom. The number of nitrogens with zero attached hydrogens (tertiary/aromatic N) is 3. The number of aliphatic hydroxyl groups is 1. The Hall–Kier alpha value is -3.24. The first-order chi connectivity index (χ1) is 13.2. The molecule has 1 aliphatic heterocycles. The summed E-state index contributed by atoms with van der Waals surface area (Å²) in [5.74, 6) is 4.33. The fraction of sp³-hybridized carbons (Fsp3) is 0.333. The minimum Gasteiger partial charge on any atom is -0.477 e. The molecule has 0 spiro atoms. The highest BCUT2D eigenvalue weighted by Crippen LogP contribution is 2.23. The second-order valence-electron chi connectivity index (χ2n) is 7.13. The van der Waals surface area contributed by atoms with Gasteiger partial charge in [0.2, 0.25) is 5.60 Å². The fourth-order valence-electron chi connectivity index (χ4n) is 2.88. The number of amides is 1. The van der Waals surface area contributed by atoms with E-state index in [1.165, 1.54) is 11.0 Å². The zero-order valence-corrected chi connectivity index (χ0v) is 15.9. The number of aromatic carboxylic acids is 1. The zero-order valence-electron chi connectivity index (χ0n) is 15.9. The number of aromatic nitrogens is 2. The largest absolute Gasteiger partial charge is 0.477 e. The molecule has 1 aliphatic rings. The van der Waals surface area contributed by atoms with Crippen molar-refractivity contribution in [1.82, 2.24) is 14.9 Å². The van der Waals surface area contributed by atoms with Crippen LogP contribution in [0.3, 0.4) is 0 Å². The molecule has 1 fully saturated rings. The van der Waals surface area contributed by atoms with E-state index in [1.807, 2.05) is 13.8 Å². The summed E-state index contributed by atoms with van der Waals surface area (Å²) in [6.07, 6.45) is 0.260. The molecule has 0 saturated carbocycles. The van der Waals surface area contributed by atoms with E-state index in [4.69, 9.17) is 0 Å². The highest BCUT2D eigenvalue weighted by atomic mass is 16.4. The number of hydrogen-bond acceptors (Lipinski definition) is 5. The molecule has 0 unspecified atom stereocenters. The molecule has 0 aliphatic carbocycles. The van der Waals surface area contributed by atoms with E-state index in [1.54, 1.807) is 31.3 Å². The van der Waals surface area contributed by atoms with E-state index < -0.39 is 17.5 Å². The predicted octanol–water partition coefficient (Wildman–Crippen LogP) is 1.91. The second-order valence-corrected chi connectivity index (χ2v) is 7.13. The number of hydrogen-bond donors (Lipinski definition) is 2. The molecule has 1 aromatic heterocycles. The van der Waals surface area contributed by atoms with Gasteiger partial charge in [0.15, 0.2) is 11.5 Å². The van der Waals surface area contributed by atoms with Crippen LogP contribution in [0.1, 0.15) is 47.9 Å². The van der Waals surface area contributed by atoms with Crippen LogP contribution in [0.15, 0.2) is 30.3 Å². The van der Waals surface area contributed by atoms with Gasteiger partial charge in [0, 0.05) is 36.8 Å². The number of carboxylic acid groups (broad SMARTS) is 1. The third-order valence-electron chi connectivity index (χ3n) is 4.60. The summed E-state index contributed by atoms with van der Waals surface area (Å²) >= 11 is 0. The van der Waals surface area contributed by atoms with E-state index in [9.17, 15) is 19.8 Å². The number of benzene rings is 1. The quantitative estimate of drug-likeness (QED) is 0.790. The number of rotatable bonds is 3. The molecule has 1 aromatic carbocycles. The molecule has 7 heteroatoms. The van der Waals surface area contributed by atoms with Crippen LogP contribution in [0.25, 0.3) is 11.4 Å². The van der Waals surface area contributed by atoms with Gasteiger partial charge in [0.1, 0.15) is 0 Å². The second kappa shape index (κ2) is 7.41.